The molecule has 0 fully saturated rings. The number of esters is 1. The summed E-state index contributed by atoms with van der Waals surface area (Å²) in [7, 11) is -4.29. The standard InChI is InChI=1S/C21H23FN2O5S2/c1-30-13-11-17(23-31(27,28)19-9-5-3-7-16(19)22)21(26)29-14-20(25)24-12-10-15-6-2-4-8-18(15)24/h2-9,17,23H,10-14H2,1H3. The number of hydrogen-bond acceptors (Lipinski definition) is 6. The fraction of sp³-hybridized carbons (Fsp3) is 0.333. The second-order valence-electron chi connectivity index (χ2n) is 6.92. The number of halogens is 1. The maximum atomic E-state index is 13.9. The highest BCUT2D eigenvalue weighted by atomic mass is 32.2. The SMILES string of the molecule is CSCCC(NS(=O)(=O)c1ccccc1F)C(=O)OCC(=O)N1CCc2ccccc21. The molecule has 0 saturated heterocycles. The summed E-state index contributed by atoms with van der Waals surface area (Å²) in [6.07, 6.45) is 2.66. The van der Waals surface area contributed by atoms with Crippen molar-refractivity contribution in [3.63, 3.8) is 0 Å². The number of thioether (sulfide) groups is 1. The summed E-state index contributed by atoms with van der Waals surface area (Å²) in [5.74, 6) is -1.73. The number of sulfonamides is 1. The van der Waals surface area contributed by atoms with E-state index in [0.717, 1.165) is 23.4 Å². The summed E-state index contributed by atoms with van der Waals surface area (Å²) in [5.41, 5.74) is 1.82. The molecule has 1 heterocycles. The number of carbonyl (C=O) groups is 2. The summed E-state index contributed by atoms with van der Waals surface area (Å²) in [4.78, 5) is 26.1. The van der Waals surface area contributed by atoms with Crippen LogP contribution < -0.4 is 9.62 Å². The maximum Gasteiger partial charge on any atom is 0.324 e. The number of nitrogens with zero attached hydrogens (tertiary/aromatic N) is 1. The lowest BCUT2D eigenvalue weighted by molar-refractivity contribution is -0.149. The molecule has 0 radical (unpaired) electrons. The number of amides is 1. The number of benzene rings is 2. The number of carbonyl (C=O) groups excluding carboxylic acids is 2. The topological polar surface area (TPSA) is 92.8 Å². The Labute approximate surface area is 185 Å². The van der Waals surface area contributed by atoms with Crippen LogP contribution in [-0.2, 0) is 30.8 Å². The van der Waals surface area contributed by atoms with Gasteiger partial charge in [-0.25, -0.2) is 12.8 Å². The van der Waals surface area contributed by atoms with Gasteiger partial charge >= 0.3 is 5.97 Å². The minimum Gasteiger partial charge on any atom is -0.454 e. The lowest BCUT2D eigenvalue weighted by Crippen LogP contribution is -2.43. The van der Waals surface area contributed by atoms with Gasteiger partial charge in [0.1, 0.15) is 16.8 Å². The van der Waals surface area contributed by atoms with Gasteiger partial charge in [0.2, 0.25) is 10.0 Å². The van der Waals surface area contributed by atoms with Crippen LogP contribution in [0.4, 0.5) is 10.1 Å². The first kappa shape index (κ1) is 23.2. The smallest absolute Gasteiger partial charge is 0.324 e. The van der Waals surface area contributed by atoms with E-state index in [1.807, 2.05) is 30.5 Å². The molecule has 0 spiro atoms. The number of hydrogen-bond donors (Lipinski definition) is 1. The van der Waals surface area contributed by atoms with Crippen molar-refractivity contribution in [3.8, 4) is 0 Å². The van der Waals surface area contributed by atoms with Crippen LogP contribution in [0, 0.1) is 5.82 Å². The molecule has 7 nitrogen and oxygen atoms in total. The summed E-state index contributed by atoms with van der Waals surface area (Å²) in [6, 6.07) is 11.1. The molecule has 10 heteroatoms. The van der Waals surface area contributed by atoms with Gasteiger partial charge in [0, 0.05) is 12.2 Å². The molecule has 2 aromatic rings. The van der Waals surface area contributed by atoms with Crippen LogP contribution in [0.5, 0.6) is 0 Å². The van der Waals surface area contributed by atoms with Crippen molar-refractivity contribution in [3.05, 3.63) is 59.9 Å². The van der Waals surface area contributed by atoms with Crippen LogP contribution in [0.15, 0.2) is 53.4 Å². The molecule has 1 amide bonds. The fourth-order valence-corrected chi connectivity index (χ4v) is 5.05. The number of fused-ring (bicyclic) bond motifs is 1. The fourth-order valence-electron chi connectivity index (χ4n) is 3.28. The molecule has 166 valence electrons. The molecule has 1 aliphatic rings. The first-order valence-electron chi connectivity index (χ1n) is 9.64. The van der Waals surface area contributed by atoms with Crippen molar-refractivity contribution < 1.29 is 27.1 Å². The molecule has 3 rings (SSSR count). The minimum atomic E-state index is -4.29. The lowest BCUT2D eigenvalue weighted by atomic mass is 10.2. The van der Waals surface area contributed by atoms with E-state index in [1.54, 1.807) is 4.90 Å². The van der Waals surface area contributed by atoms with Crippen molar-refractivity contribution in [2.45, 2.75) is 23.8 Å². The van der Waals surface area contributed by atoms with E-state index in [-0.39, 0.29) is 12.3 Å². The molecule has 1 aliphatic heterocycles. The molecule has 2 aromatic carbocycles. The third-order valence-corrected chi connectivity index (χ3v) is 6.99. The Balaban J connectivity index is 1.66. The maximum absolute atomic E-state index is 13.9. The lowest BCUT2D eigenvalue weighted by Gasteiger charge is -2.20. The highest BCUT2D eigenvalue weighted by molar-refractivity contribution is 7.98. The van der Waals surface area contributed by atoms with E-state index in [9.17, 15) is 22.4 Å². The average molecular weight is 467 g/mol. The van der Waals surface area contributed by atoms with E-state index in [1.165, 1.54) is 23.9 Å². The van der Waals surface area contributed by atoms with Crippen LogP contribution in [0.25, 0.3) is 0 Å². The Hall–Kier alpha value is -2.43. The highest BCUT2D eigenvalue weighted by Crippen LogP contribution is 2.27. The molecule has 0 bridgehead atoms. The summed E-state index contributed by atoms with van der Waals surface area (Å²) >= 11 is 1.42. The Morgan fingerprint density at radius 3 is 2.65 bits per heavy atom. The van der Waals surface area contributed by atoms with E-state index in [0.29, 0.717) is 18.7 Å². The van der Waals surface area contributed by atoms with Crippen molar-refractivity contribution in [2.24, 2.45) is 0 Å². The van der Waals surface area contributed by atoms with Crippen LogP contribution >= 0.6 is 11.8 Å². The molecular weight excluding hydrogens is 443 g/mol. The van der Waals surface area contributed by atoms with Gasteiger partial charge < -0.3 is 9.64 Å². The van der Waals surface area contributed by atoms with Crippen LogP contribution in [-0.4, -0.2) is 51.5 Å². The summed E-state index contributed by atoms with van der Waals surface area (Å²) in [6.45, 7) is -0.0179. The molecule has 1 N–H and O–H groups in total. The first-order valence-corrected chi connectivity index (χ1v) is 12.5. The molecule has 0 saturated carbocycles. The third kappa shape index (κ3) is 5.63. The number of para-hydroxylation sites is 1. The van der Waals surface area contributed by atoms with Crippen molar-refractivity contribution in [1.29, 1.82) is 0 Å². The second-order valence-corrected chi connectivity index (χ2v) is 9.59. The zero-order valence-corrected chi connectivity index (χ0v) is 18.5. The molecule has 1 atom stereocenters. The Kier molecular flexibility index (Phi) is 7.69. The predicted octanol–water partition coefficient (Wildman–Crippen LogP) is 2.36. The number of anilines is 1. The molecule has 1 unspecified atom stereocenters. The first-order chi connectivity index (χ1) is 14.8. The molecule has 0 aliphatic carbocycles. The monoisotopic (exact) mass is 466 g/mol. The normalized spacial score (nSPS) is 14.2. The van der Waals surface area contributed by atoms with Gasteiger partial charge in [0.25, 0.3) is 5.91 Å². The predicted molar refractivity (Wildman–Crippen MR) is 117 cm³/mol. The number of rotatable bonds is 9. The minimum absolute atomic E-state index is 0.133. The molecular formula is C21H23FN2O5S2. The van der Waals surface area contributed by atoms with Crippen molar-refractivity contribution in [2.75, 3.05) is 30.1 Å². The second kappa shape index (κ2) is 10.3. The van der Waals surface area contributed by atoms with Gasteiger partial charge in [-0.05, 0) is 48.6 Å². The van der Waals surface area contributed by atoms with Gasteiger partial charge in [0.05, 0.1) is 0 Å². The van der Waals surface area contributed by atoms with E-state index in [2.05, 4.69) is 4.72 Å². The van der Waals surface area contributed by atoms with E-state index in [4.69, 9.17) is 4.74 Å². The van der Waals surface area contributed by atoms with Gasteiger partial charge in [0.15, 0.2) is 6.61 Å². The van der Waals surface area contributed by atoms with Gasteiger partial charge in [-0.3, -0.25) is 9.59 Å². The van der Waals surface area contributed by atoms with Gasteiger partial charge in [-0.1, -0.05) is 30.3 Å². The van der Waals surface area contributed by atoms with Crippen molar-refractivity contribution in [1.82, 2.24) is 4.72 Å². The quantitative estimate of drug-likeness (QED) is 0.571. The Bertz CT molecular complexity index is 1060. The third-order valence-electron chi connectivity index (χ3n) is 4.84. The van der Waals surface area contributed by atoms with E-state index >= 15 is 0 Å². The highest BCUT2D eigenvalue weighted by Gasteiger charge is 2.30. The Morgan fingerprint density at radius 2 is 1.90 bits per heavy atom. The zero-order chi connectivity index (χ0) is 22.4. The van der Waals surface area contributed by atoms with Gasteiger partial charge in [-0.15, -0.1) is 0 Å². The van der Waals surface area contributed by atoms with E-state index < -0.39 is 39.4 Å². The largest absolute Gasteiger partial charge is 0.454 e. The van der Waals surface area contributed by atoms with Crippen LogP contribution in [0.3, 0.4) is 0 Å². The summed E-state index contributed by atoms with van der Waals surface area (Å²) < 4.78 is 46.5. The van der Waals surface area contributed by atoms with Crippen LogP contribution in [0.2, 0.25) is 0 Å². The van der Waals surface area contributed by atoms with Crippen molar-refractivity contribution >= 4 is 39.3 Å². The van der Waals surface area contributed by atoms with Crippen LogP contribution in [0.1, 0.15) is 12.0 Å². The zero-order valence-electron chi connectivity index (χ0n) is 16.9. The Morgan fingerprint density at radius 1 is 1.19 bits per heavy atom. The molecule has 31 heavy (non-hydrogen) atoms. The molecule has 0 aromatic heterocycles. The number of nitrogens with one attached hydrogen (secondary N) is 1. The average Bonchev–Trinajstić information content (AvgIpc) is 3.19. The summed E-state index contributed by atoms with van der Waals surface area (Å²) in [5, 5.41) is 0. The van der Waals surface area contributed by atoms with Gasteiger partial charge in [-0.2, -0.15) is 16.5 Å². The number of ether oxygens (including phenoxy) is 1.